The minimum absolute atomic E-state index is 0.0621. The number of nitriles is 1. The molecule has 0 aliphatic heterocycles. The first kappa shape index (κ1) is 16.6. The Hall–Kier alpha value is -1.43. The number of nitrogens with zero attached hydrogens (tertiary/aromatic N) is 1. The molecule has 20 heavy (non-hydrogen) atoms. The summed E-state index contributed by atoms with van der Waals surface area (Å²) < 4.78 is 26.9. The van der Waals surface area contributed by atoms with Gasteiger partial charge < -0.3 is 5.11 Å². The maximum Gasteiger partial charge on any atom is 0.322 e. The average molecular weight is 361 g/mol. The van der Waals surface area contributed by atoms with E-state index in [0.29, 0.717) is 4.47 Å². The van der Waals surface area contributed by atoms with Crippen molar-refractivity contribution in [2.24, 2.45) is 5.92 Å². The van der Waals surface area contributed by atoms with E-state index in [-0.39, 0.29) is 10.5 Å². The molecule has 0 saturated heterocycles. The summed E-state index contributed by atoms with van der Waals surface area (Å²) in [7, 11) is -4.10. The molecular formula is C12H13BrN2O4S. The van der Waals surface area contributed by atoms with Gasteiger partial charge in [0, 0.05) is 4.47 Å². The highest BCUT2D eigenvalue weighted by Crippen LogP contribution is 2.24. The maximum atomic E-state index is 12.2. The molecule has 1 aromatic carbocycles. The number of carboxylic acids is 1. The Bertz CT molecular complexity index is 665. The molecule has 0 aliphatic carbocycles. The summed E-state index contributed by atoms with van der Waals surface area (Å²) in [6.45, 7) is 3.18. The number of sulfonamides is 1. The van der Waals surface area contributed by atoms with Crippen LogP contribution in [0.25, 0.3) is 0 Å². The Morgan fingerprint density at radius 3 is 2.50 bits per heavy atom. The lowest BCUT2D eigenvalue weighted by Gasteiger charge is -2.18. The molecule has 0 saturated carbocycles. The average Bonchev–Trinajstić information content (AvgIpc) is 2.35. The largest absolute Gasteiger partial charge is 0.480 e. The summed E-state index contributed by atoms with van der Waals surface area (Å²) >= 11 is 3.09. The molecule has 2 N–H and O–H groups in total. The lowest BCUT2D eigenvalue weighted by molar-refractivity contribution is -0.140. The molecule has 0 aliphatic rings. The Morgan fingerprint density at radius 1 is 1.45 bits per heavy atom. The second-order valence-electron chi connectivity index (χ2n) is 4.41. The Kier molecular flexibility index (Phi) is 5.28. The number of carbonyl (C=O) groups is 1. The third-order valence-electron chi connectivity index (χ3n) is 2.59. The molecule has 0 unspecified atom stereocenters. The normalized spacial score (nSPS) is 12.9. The lowest BCUT2D eigenvalue weighted by atomic mass is 10.1. The molecule has 1 rings (SSSR count). The number of hydrogen-bond donors (Lipinski definition) is 2. The Morgan fingerprint density at radius 2 is 2.05 bits per heavy atom. The van der Waals surface area contributed by atoms with Crippen LogP contribution >= 0.6 is 15.9 Å². The van der Waals surface area contributed by atoms with E-state index < -0.39 is 28.0 Å². The minimum atomic E-state index is -4.10. The number of carboxylic acid groups (broad SMARTS) is 1. The highest BCUT2D eigenvalue weighted by Gasteiger charge is 2.29. The monoisotopic (exact) mass is 360 g/mol. The van der Waals surface area contributed by atoms with Gasteiger partial charge in [-0.05, 0) is 34.0 Å². The van der Waals surface area contributed by atoms with Gasteiger partial charge in [-0.15, -0.1) is 0 Å². The summed E-state index contributed by atoms with van der Waals surface area (Å²) in [6, 6.07) is 4.78. The minimum Gasteiger partial charge on any atom is -0.480 e. The van der Waals surface area contributed by atoms with E-state index in [9.17, 15) is 13.2 Å². The van der Waals surface area contributed by atoms with E-state index in [1.165, 1.54) is 18.2 Å². The highest BCUT2D eigenvalue weighted by molar-refractivity contribution is 9.10. The Labute approximate surface area is 125 Å². The molecule has 0 amide bonds. The van der Waals surface area contributed by atoms with Crippen LogP contribution in [0.1, 0.15) is 19.4 Å². The van der Waals surface area contributed by atoms with Crippen molar-refractivity contribution in [1.29, 1.82) is 5.26 Å². The van der Waals surface area contributed by atoms with Gasteiger partial charge in [0.25, 0.3) is 0 Å². The van der Waals surface area contributed by atoms with Crippen LogP contribution in [0.3, 0.4) is 0 Å². The van der Waals surface area contributed by atoms with Crippen molar-refractivity contribution in [1.82, 2.24) is 4.72 Å². The van der Waals surface area contributed by atoms with Crippen LogP contribution in [0.2, 0.25) is 0 Å². The molecule has 1 aromatic rings. The van der Waals surface area contributed by atoms with Gasteiger partial charge in [-0.1, -0.05) is 19.9 Å². The zero-order chi connectivity index (χ0) is 15.5. The molecule has 8 heteroatoms. The summed E-state index contributed by atoms with van der Waals surface area (Å²) in [5.74, 6) is -1.70. The van der Waals surface area contributed by atoms with Crippen molar-refractivity contribution >= 4 is 31.9 Å². The maximum absolute atomic E-state index is 12.2. The van der Waals surface area contributed by atoms with Crippen molar-refractivity contribution in [3.05, 3.63) is 28.2 Å². The van der Waals surface area contributed by atoms with Gasteiger partial charge in [0.1, 0.15) is 17.0 Å². The molecule has 0 radical (unpaired) electrons. The molecule has 0 fully saturated rings. The number of hydrogen-bond acceptors (Lipinski definition) is 4. The Balaban J connectivity index is 3.29. The van der Waals surface area contributed by atoms with Gasteiger partial charge in [0.05, 0.1) is 5.56 Å². The van der Waals surface area contributed by atoms with Crippen LogP contribution in [0.4, 0.5) is 0 Å². The van der Waals surface area contributed by atoms with Gasteiger partial charge >= 0.3 is 5.97 Å². The fourth-order valence-corrected chi connectivity index (χ4v) is 3.64. The standard InChI is InChI=1S/C12H13BrN2O4S/c1-7(2)11(12(16)17)15-20(18,19)10-5-3-4-9(13)8(10)6-14/h3-5,7,11,15H,1-2H3,(H,16,17)/t11-/m1/s1. The van der Waals surface area contributed by atoms with E-state index in [0.717, 1.165) is 0 Å². The predicted octanol–water partition coefficient (Wildman–Crippen LogP) is 1.71. The van der Waals surface area contributed by atoms with Crippen LogP contribution in [0.5, 0.6) is 0 Å². The summed E-state index contributed by atoms with van der Waals surface area (Å²) in [6.07, 6.45) is 0. The molecule has 6 nitrogen and oxygen atoms in total. The van der Waals surface area contributed by atoms with Gasteiger partial charge in [0.2, 0.25) is 10.0 Å². The molecule has 0 aromatic heterocycles. The van der Waals surface area contributed by atoms with Gasteiger partial charge in [-0.3, -0.25) is 4.79 Å². The van der Waals surface area contributed by atoms with Crippen molar-refractivity contribution in [3.8, 4) is 6.07 Å². The van der Waals surface area contributed by atoms with E-state index in [4.69, 9.17) is 10.4 Å². The summed E-state index contributed by atoms with van der Waals surface area (Å²) in [5.41, 5.74) is -0.0621. The predicted molar refractivity (Wildman–Crippen MR) is 75.4 cm³/mol. The van der Waals surface area contributed by atoms with Crippen molar-refractivity contribution in [2.75, 3.05) is 0 Å². The second kappa shape index (κ2) is 6.35. The molecule has 1 atom stereocenters. The topological polar surface area (TPSA) is 107 Å². The van der Waals surface area contributed by atoms with Crippen molar-refractivity contribution < 1.29 is 18.3 Å². The van der Waals surface area contributed by atoms with E-state index >= 15 is 0 Å². The third-order valence-corrected chi connectivity index (χ3v) is 4.74. The second-order valence-corrected chi connectivity index (χ2v) is 6.94. The molecule has 0 spiro atoms. The van der Waals surface area contributed by atoms with Crippen molar-refractivity contribution in [2.45, 2.75) is 24.8 Å². The number of halogens is 1. The zero-order valence-corrected chi connectivity index (χ0v) is 13.2. The van der Waals surface area contributed by atoms with Gasteiger partial charge in [-0.2, -0.15) is 9.98 Å². The molecular weight excluding hydrogens is 348 g/mol. The van der Waals surface area contributed by atoms with Gasteiger partial charge in [0.15, 0.2) is 0 Å². The first-order valence-electron chi connectivity index (χ1n) is 5.64. The SMILES string of the molecule is CC(C)[C@@H](NS(=O)(=O)c1cccc(Br)c1C#N)C(=O)O. The summed E-state index contributed by atoms with van der Waals surface area (Å²) in [5, 5.41) is 18.1. The molecule has 0 bridgehead atoms. The van der Waals surface area contributed by atoms with E-state index in [1.807, 2.05) is 0 Å². The fraction of sp³-hybridized carbons (Fsp3) is 0.333. The lowest BCUT2D eigenvalue weighted by Crippen LogP contribution is -2.44. The third kappa shape index (κ3) is 3.56. The first-order chi connectivity index (χ1) is 9.20. The van der Waals surface area contributed by atoms with Crippen molar-refractivity contribution in [3.63, 3.8) is 0 Å². The number of aliphatic carboxylic acids is 1. The molecule has 108 valence electrons. The van der Waals surface area contributed by atoms with E-state index in [1.54, 1.807) is 19.9 Å². The first-order valence-corrected chi connectivity index (χ1v) is 7.92. The zero-order valence-electron chi connectivity index (χ0n) is 10.8. The van der Waals surface area contributed by atoms with Crippen LogP contribution in [0, 0.1) is 17.2 Å². The number of nitrogens with one attached hydrogen (secondary N) is 1. The van der Waals surface area contributed by atoms with Crippen LogP contribution < -0.4 is 4.72 Å². The highest BCUT2D eigenvalue weighted by atomic mass is 79.9. The fourth-order valence-electron chi connectivity index (χ4n) is 1.54. The van der Waals surface area contributed by atoms with Crippen LogP contribution in [0.15, 0.2) is 27.6 Å². The summed E-state index contributed by atoms with van der Waals surface area (Å²) in [4.78, 5) is 10.8. The molecule has 0 heterocycles. The smallest absolute Gasteiger partial charge is 0.322 e. The van der Waals surface area contributed by atoms with Crippen LogP contribution in [-0.2, 0) is 14.8 Å². The van der Waals surface area contributed by atoms with Crippen LogP contribution in [-0.4, -0.2) is 25.5 Å². The van der Waals surface area contributed by atoms with Gasteiger partial charge in [-0.25, -0.2) is 8.42 Å². The number of benzene rings is 1. The quantitative estimate of drug-likeness (QED) is 0.830. The van der Waals surface area contributed by atoms with E-state index in [2.05, 4.69) is 20.7 Å². The number of rotatable bonds is 5.